The first-order valence-electron chi connectivity index (χ1n) is 13.4. The van der Waals surface area contributed by atoms with Gasteiger partial charge in [0.1, 0.15) is 11.5 Å². The minimum absolute atomic E-state index is 0.183. The van der Waals surface area contributed by atoms with Crippen LogP contribution in [0.5, 0.6) is 0 Å². The molecule has 42 heavy (non-hydrogen) atoms. The highest BCUT2D eigenvalue weighted by molar-refractivity contribution is 7.10. The number of ether oxygens (including phenoxy) is 1. The van der Waals surface area contributed by atoms with Gasteiger partial charge in [-0.2, -0.15) is 9.47 Å². The Labute approximate surface area is 244 Å². The molecule has 1 aliphatic heterocycles. The van der Waals surface area contributed by atoms with Crippen molar-refractivity contribution in [1.82, 2.24) is 33.4 Å². The van der Waals surface area contributed by atoms with E-state index < -0.39 is 17.5 Å². The minimum atomic E-state index is -1.11. The van der Waals surface area contributed by atoms with Gasteiger partial charge in [0.15, 0.2) is 23.1 Å². The first kappa shape index (κ1) is 27.9. The third kappa shape index (κ3) is 5.86. The number of halogens is 2. The third-order valence-electron chi connectivity index (χ3n) is 7.10. The fourth-order valence-electron chi connectivity index (χ4n) is 5.18. The van der Waals surface area contributed by atoms with Gasteiger partial charge in [-0.25, -0.2) is 18.7 Å². The topological polar surface area (TPSA) is 114 Å². The molecule has 0 radical (unpaired) electrons. The van der Waals surface area contributed by atoms with E-state index in [0.29, 0.717) is 17.5 Å². The van der Waals surface area contributed by atoms with Crippen LogP contribution in [0.3, 0.4) is 0 Å². The maximum Gasteiger partial charge on any atom is 0.246 e. The molecule has 11 nitrogen and oxygen atoms in total. The quantitative estimate of drug-likeness (QED) is 0.241. The molecule has 1 saturated heterocycles. The molecule has 218 valence electrons. The van der Waals surface area contributed by atoms with Crippen LogP contribution in [-0.2, 0) is 22.6 Å². The average molecular weight is 594 g/mol. The normalized spacial score (nSPS) is 15.5. The van der Waals surface area contributed by atoms with Gasteiger partial charge in [-0.1, -0.05) is 6.07 Å². The number of nitrogens with zero attached hydrogens (tertiary/aromatic N) is 7. The van der Waals surface area contributed by atoms with Crippen LogP contribution >= 0.6 is 11.5 Å². The van der Waals surface area contributed by atoms with Crippen molar-refractivity contribution in [1.29, 1.82) is 0 Å². The number of methoxy groups -OCH3 is 1. The van der Waals surface area contributed by atoms with E-state index in [1.807, 2.05) is 23.6 Å². The summed E-state index contributed by atoms with van der Waals surface area (Å²) in [7, 11) is 1.74. The minimum Gasteiger partial charge on any atom is -0.383 e. The molecule has 0 unspecified atom stereocenters. The molecule has 1 fully saturated rings. The molecule has 4 aromatic heterocycles. The molecule has 0 spiro atoms. The van der Waals surface area contributed by atoms with Crippen LogP contribution in [0.25, 0.3) is 16.9 Å². The molecule has 1 aliphatic rings. The van der Waals surface area contributed by atoms with Gasteiger partial charge in [0.25, 0.3) is 0 Å². The number of benzene rings is 1. The first-order valence-corrected chi connectivity index (χ1v) is 14.2. The fourth-order valence-corrected chi connectivity index (χ4v) is 5.84. The van der Waals surface area contributed by atoms with Crippen molar-refractivity contribution in [2.24, 2.45) is 0 Å². The molecule has 1 amide bonds. The predicted octanol–water partition coefficient (Wildman–Crippen LogP) is 4.63. The van der Waals surface area contributed by atoms with Gasteiger partial charge in [0, 0.05) is 37.7 Å². The number of hydrogen-bond acceptors (Lipinski definition) is 9. The highest BCUT2D eigenvalue weighted by Crippen LogP contribution is 2.29. The number of carbonyl (C=O) groups is 1. The molecule has 5 heterocycles. The Morgan fingerprint density at radius 2 is 2.12 bits per heavy atom. The van der Waals surface area contributed by atoms with Crippen LogP contribution in [0, 0.1) is 18.6 Å². The Hall–Kier alpha value is -4.27. The van der Waals surface area contributed by atoms with E-state index in [4.69, 9.17) is 4.74 Å². The molecule has 0 aliphatic carbocycles. The average Bonchev–Trinajstić information content (AvgIpc) is 3.76. The number of aromatic nitrogens is 6. The van der Waals surface area contributed by atoms with E-state index in [-0.39, 0.29) is 12.2 Å². The molecule has 1 atom stereocenters. The van der Waals surface area contributed by atoms with E-state index in [1.165, 1.54) is 28.3 Å². The maximum atomic E-state index is 13.9. The lowest BCUT2D eigenvalue weighted by Crippen LogP contribution is -2.32. The van der Waals surface area contributed by atoms with E-state index in [9.17, 15) is 13.6 Å². The second-order valence-electron chi connectivity index (χ2n) is 10.2. The molecule has 6 rings (SSSR count). The first-order chi connectivity index (χ1) is 20.4. The van der Waals surface area contributed by atoms with Crippen LogP contribution in [-0.4, -0.2) is 65.6 Å². The van der Waals surface area contributed by atoms with Crippen LogP contribution in [0.2, 0.25) is 0 Å². The van der Waals surface area contributed by atoms with E-state index >= 15 is 0 Å². The summed E-state index contributed by atoms with van der Waals surface area (Å²) in [5, 5.41) is 10.9. The molecule has 0 bridgehead atoms. The SMILES string of the molecule is COC[C@H]1CCCN1Cc1cc(Nc2nc(C)cn3c(-c4cnn(CC(=O)Nc5cccc(F)c5F)c4)cnc23)sn1. The van der Waals surface area contributed by atoms with Crippen molar-refractivity contribution in [2.75, 3.05) is 30.9 Å². The number of fused-ring (bicyclic) bond motifs is 1. The molecule has 0 saturated carbocycles. The summed E-state index contributed by atoms with van der Waals surface area (Å²) in [4.78, 5) is 24.1. The third-order valence-corrected chi connectivity index (χ3v) is 7.84. The zero-order valence-corrected chi connectivity index (χ0v) is 23.9. The largest absolute Gasteiger partial charge is 0.383 e. The zero-order chi connectivity index (χ0) is 29.2. The molecule has 14 heteroatoms. The molecule has 1 aromatic carbocycles. The number of imidazole rings is 1. The predicted molar refractivity (Wildman–Crippen MR) is 155 cm³/mol. The molecule has 5 aromatic rings. The highest BCUT2D eigenvalue weighted by atomic mass is 32.1. The zero-order valence-electron chi connectivity index (χ0n) is 23.0. The van der Waals surface area contributed by atoms with Gasteiger partial charge in [-0.15, -0.1) is 0 Å². The van der Waals surface area contributed by atoms with Crippen LogP contribution in [0.15, 0.2) is 49.1 Å². The van der Waals surface area contributed by atoms with Crippen LogP contribution in [0.1, 0.15) is 24.2 Å². The number of rotatable bonds is 10. The fraction of sp³-hybridized carbons (Fsp3) is 0.321. The Kier molecular flexibility index (Phi) is 7.91. The maximum absolute atomic E-state index is 13.9. The Bertz CT molecular complexity index is 1730. The number of aryl methyl sites for hydroxylation is 1. The van der Waals surface area contributed by atoms with Crippen molar-refractivity contribution in [3.05, 3.63) is 72.1 Å². The van der Waals surface area contributed by atoms with E-state index in [1.54, 1.807) is 25.7 Å². The van der Waals surface area contributed by atoms with E-state index in [2.05, 4.69) is 35.0 Å². The summed E-state index contributed by atoms with van der Waals surface area (Å²) in [5.74, 6) is -2.09. The van der Waals surface area contributed by atoms with Gasteiger partial charge in [-0.05, 0) is 56.0 Å². The standard InChI is InChI=1S/C28H29F2N9O2S/c1-17-12-39-23(18-10-32-38(13-18)15-24(40)34-22-7-3-6-21(29)26(22)30)11-31-28(39)27(33-17)35-25-9-19(36-42-25)14-37-8-4-5-20(37)16-41-2/h3,6-7,9-13,20H,4-5,8,14-16H2,1-2H3,(H,33,35)(H,34,40)/t20-/m1/s1. The van der Waals surface area contributed by atoms with Crippen LogP contribution < -0.4 is 10.6 Å². The Morgan fingerprint density at radius 3 is 2.98 bits per heavy atom. The van der Waals surface area contributed by atoms with Crippen molar-refractivity contribution < 1.29 is 18.3 Å². The second-order valence-corrected chi connectivity index (χ2v) is 11.0. The smallest absolute Gasteiger partial charge is 0.246 e. The summed E-state index contributed by atoms with van der Waals surface area (Å²) in [6, 6.07) is 6.07. The van der Waals surface area contributed by atoms with Crippen molar-refractivity contribution >= 4 is 39.6 Å². The lowest BCUT2D eigenvalue weighted by Gasteiger charge is -2.22. The van der Waals surface area contributed by atoms with Gasteiger partial charge in [0.05, 0.1) is 41.8 Å². The Morgan fingerprint density at radius 1 is 1.24 bits per heavy atom. The number of anilines is 3. The number of likely N-dealkylation sites (tertiary alicyclic amines) is 1. The number of carbonyl (C=O) groups excluding carboxylic acids is 1. The van der Waals surface area contributed by atoms with Crippen molar-refractivity contribution in [3.8, 4) is 11.3 Å². The second kappa shape index (κ2) is 11.9. The molecular weight excluding hydrogens is 564 g/mol. The number of nitrogens with one attached hydrogen (secondary N) is 2. The highest BCUT2D eigenvalue weighted by Gasteiger charge is 2.25. The van der Waals surface area contributed by atoms with Crippen LogP contribution in [0.4, 0.5) is 25.3 Å². The number of hydrogen-bond donors (Lipinski definition) is 2. The van der Waals surface area contributed by atoms with Crippen molar-refractivity contribution in [2.45, 2.75) is 38.9 Å². The summed E-state index contributed by atoms with van der Waals surface area (Å²) in [6.45, 7) is 4.25. The van der Waals surface area contributed by atoms with Gasteiger partial charge >= 0.3 is 0 Å². The monoisotopic (exact) mass is 593 g/mol. The molecular formula is C28H29F2N9O2S. The summed E-state index contributed by atoms with van der Waals surface area (Å²) in [5.41, 5.74) is 3.64. The van der Waals surface area contributed by atoms with Gasteiger partial charge < -0.3 is 15.4 Å². The molecule has 2 N–H and O–H groups in total. The number of amides is 1. The lowest BCUT2D eigenvalue weighted by molar-refractivity contribution is -0.116. The lowest BCUT2D eigenvalue weighted by atomic mass is 10.2. The Balaban J connectivity index is 1.17. The van der Waals surface area contributed by atoms with Crippen molar-refractivity contribution in [3.63, 3.8) is 0 Å². The van der Waals surface area contributed by atoms with Gasteiger partial charge in [-0.3, -0.25) is 18.8 Å². The van der Waals surface area contributed by atoms with E-state index in [0.717, 1.165) is 66.3 Å². The summed E-state index contributed by atoms with van der Waals surface area (Å²) >= 11 is 1.38. The summed E-state index contributed by atoms with van der Waals surface area (Å²) < 4.78 is 40.7. The van der Waals surface area contributed by atoms with Gasteiger partial charge in [0.2, 0.25) is 5.91 Å². The summed E-state index contributed by atoms with van der Waals surface area (Å²) in [6.07, 6.45) is 9.20.